The van der Waals surface area contributed by atoms with Gasteiger partial charge in [0, 0.05) is 5.57 Å². The molecule has 0 aliphatic heterocycles. The second kappa shape index (κ2) is 15.1. The van der Waals surface area contributed by atoms with Gasteiger partial charge in [0.1, 0.15) is 0 Å². The Morgan fingerprint density at radius 2 is 1.32 bits per heavy atom. The van der Waals surface area contributed by atoms with Gasteiger partial charge in [-0.05, 0) is 25.7 Å². The first kappa shape index (κ1) is 21.2. The second-order valence-corrected chi connectivity index (χ2v) is 6.65. The Balaban J connectivity index is 3.96. The molecule has 0 aromatic heterocycles. The fraction of sp³-hybridized carbons (Fsp3) is 0.850. The van der Waals surface area contributed by atoms with Crippen LogP contribution in [-0.2, 0) is 9.53 Å². The van der Waals surface area contributed by atoms with Crippen LogP contribution in [0.3, 0.4) is 0 Å². The van der Waals surface area contributed by atoms with Gasteiger partial charge in [-0.25, -0.2) is 4.79 Å². The number of carbonyl (C=O) groups is 1. The minimum Gasteiger partial charge on any atom is -0.462 e. The van der Waals surface area contributed by atoms with Gasteiger partial charge >= 0.3 is 5.97 Å². The first-order valence-electron chi connectivity index (χ1n) is 9.44. The third kappa shape index (κ3) is 12.9. The largest absolute Gasteiger partial charge is 0.462 e. The normalized spacial score (nSPS) is 10.9. The van der Waals surface area contributed by atoms with Crippen LogP contribution in [0.15, 0.2) is 12.2 Å². The predicted octanol–water partition coefficient (Wildman–Crippen LogP) is 6.44. The third-order valence-corrected chi connectivity index (χ3v) is 4.23. The average molecular weight is 311 g/mol. The number of hydrogen-bond acceptors (Lipinski definition) is 2. The molecule has 0 heterocycles. The lowest BCUT2D eigenvalue weighted by Gasteiger charge is -2.17. The number of rotatable bonds is 15. The first-order valence-corrected chi connectivity index (χ1v) is 9.44. The Morgan fingerprint density at radius 3 is 1.73 bits per heavy atom. The summed E-state index contributed by atoms with van der Waals surface area (Å²) in [6, 6.07) is 0. The molecule has 0 amide bonds. The Bertz CT molecular complexity index is 269. The predicted molar refractivity (Wildman–Crippen MR) is 96.0 cm³/mol. The lowest BCUT2D eigenvalue weighted by Crippen LogP contribution is -2.15. The van der Waals surface area contributed by atoms with Gasteiger partial charge in [-0.1, -0.05) is 84.6 Å². The molecule has 0 aliphatic carbocycles. The summed E-state index contributed by atoms with van der Waals surface area (Å²) in [5.74, 6) is 0.300. The third-order valence-electron chi connectivity index (χ3n) is 4.23. The summed E-state index contributed by atoms with van der Waals surface area (Å²) in [5, 5.41) is 0. The molecular formula is C20H38O2. The SMILES string of the molecule is C=C(C)C(=O)OCC(CCCCCCC)CCCCCCC. The molecule has 0 aromatic carbocycles. The van der Waals surface area contributed by atoms with Crippen molar-refractivity contribution in [2.75, 3.05) is 6.61 Å². The van der Waals surface area contributed by atoms with Crippen LogP contribution in [0.4, 0.5) is 0 Å². The maximum atomic E-state index is 11.6. The first-order chi connectivity index (χ1) is 10.6. The summed E-state index contributed by atoms with van der Waals surface area (Å²) in [4.78, 5) is 11.6. The Morgan fingerprint density at radius 1 is 0.864 bits per heavy atom. The van der Waals surface area contributed by atoms with Crippen LogP contribution < -0.4 is 0 Å². The Kier molecular flexibility index (Phi) is 14.6. The number of carbonyl (C=O) groups excluding carboxylic acids is 1. The molecule has 0 aliphatic rings. The van der Waals surface area contributed by atoms with E-state index in [0.717, 1.165) is 0 Å². The van der Waals surface area contributed by atoms with Crippen molar-refractivity contribution in [2.24, 2.45) is 5.92 Å². The van der Waals surface area contributed by atoms with Crippen LogP contribution in [-0.4, -0.2) is 12.6 Å². The van der Waals surface area contributed by atoms with Gasteiger partial charge in [0.15, 0.2) is 0 Å². The molecule has 0 saturated heterocycles. The molecule has 0 unspecified atom stereocenters. The summed E-state index contributed by atoms with van der Waals surface area (Å²) in [7, 11) is 0. The van der Waals surface area contributed by atoms with E-state index in [1.165, 1.54) is 77.0 Å². The number of ether oxygens (including phenoxy) is 1. The molecule has 0 aromatic rings. The molecule has 0 fully saturated rings. The highest BCUT2D eigenvalue weighted by Gasteiger charge is 2.12. The fourth-order valence-corrected chi connectivity index (χ4v) is 2.70. The Labute approximate surface area is 138 Å². The molecule has 0 bridgehead atoms. The minimum absolute atomic E-state index is 0.234. The molecule has 22 heavy (non-hydrogen) atoms. The monoisotopic (exact) mass is 310 g/mol. The van der Waals surface area contributed by atoms with E-state index in [0.29, 0.717) is 18.1 Å². The zero-order valence-electron chi connectivity index (χ0n) is 15.3. The minimum atomic E-state index is -0.234. The summed E-state index contributed by atoms with van der Waals surface area (Å²) in [6.45, 7) is 10.4. The fourth-order valence-electron chi connectivity index (χ4n) is 2.70. The van der Waals surface area contributed by atoms with Gasteiger partial charge in [0.25, 0.3) is 0 Å². The average Bonchev–Trinajstić information content (AvgIpc) is 2.50. The van der Waals surface area contributed by atoms with Crippen molar-refractivity contribution < 1.29 is 9.53 Å². The van der Waals surface area contributed by atoms with Crippen molar-refractivity contribution >= 4 is 5.97 Å². The molecule has 0 rings (SSSR count). The molecule has 0 N–H and O–H groups in total. The molecule has 2 nitrogen and oxygen atoms in total. The topological polar surface area (TPSA) is 26.3 Å². The van der Waals surface area contributed by atoms with E-state index in [2.05, 4.69) is 20.4 Å². The number of esters is 1. The molecular weight excluding hydrogens is 272 g/mol. The van der Waals surface area contributed by atoms with Crippen LogP contribution in [0.5, 0.6) is 0 Å². The number of unbranched alkanes of at least 4 members (excludes halogenated alkanes) is 8. The molecule has 2 heteroatoms. The zero-order chi connectivity index (χ0) is 16.6. The summed E-state index contributed by atoms with van der Waals surface area (Å²) in [6.07, 6.45) is 15.5. The van der Waals surface area contributed by atoms with E-state index >= 15 is 0 Å². The van der Waals surface area contributed by atoms with E-state index < -0.39 is 0 Å². The van der Waals surface area contributed by atoms with E-state index in [1.807, 2.05) is 0 Å². The lowest BCUT2D eigenvalue weighted by molar-refractivity contribution is -0.140. The van der Waals surface area contributed by atoms with E-state index in [9.17, 15) is 4.79 Å². The van der Waals surface area contributed by atoms with Crippen molar-refractivity contribution in [3.8, 4) is 0 Å². The molecule has 0 radical (unpaired) electrons. The second-order valence-electron chi connectivity index (χ2n) is 6.65. The maximum Gasteiger partial charge on any atom is 0.333 e. The van der Waals surface area contributed by atoms with Gasteiger partial charge in [0.2, 0.25) is 0 Å². The van der Waals surface area contributed by atoms with Crippen LogP contribution in [0.25, 0.3) is 0 Å². The van der Waals surface area contributed by atoms with Crippen LogP contribution >= 0.6 is 0 Å². The van der Waals surface area contributed by atoms with Gasteiger partial charge in [0.05, 0.1) is 6.61 Å². The smallest absolute Gasteiger partial charge is 0.333 e. The van der Waals surface area contributed by atoms with E-state index in [4.69, 9.17) is 4.74 Å². The van der Waals surface area contributed by atoms with Crippen LogP contribution in [0.2, 0.25) is 0 Å². The van der Waals surface area contributed by atoms with Crippen molar-refractivity contribution in [2.45, 2.75) is 97.8 Å². The summed E-state index contributed by atoms with van der Waals surface area (Å²) < 4.78 is 5.38. The van der Waals surface area contributed by atoms with Crippen LogP contribution in [0.1, 0.15) is 97.8 Å². The highest BCUT2D eigenvalue weighted by atomic mass is 16.5. The highest BCUT2D eigenvalue weighted by molar-refractivity contribution is 5.86. The molecule has 0 atom stereocenters. The Hall–Kier alpha value is -0.790. The van der Waals surface area contributed by atoms with Crippen molar-refractivity contribution in [3.05, 3.63) is 12.2 Å². The maximum absolute atomic E-state index is 11.6. The van der Waals surface area contributed by atoms with Gasteiger partial charge < -0.3 is 4.74 Å². The standard InChI is InChI=1S/C20H38O2/c1-5-7-9-11-13-15-19(16-14-12-10-8-6-2)17-22-20(21)18(3)4/h19H,3,5-17H2,1-2,4H3. The number of hydrogen-bond donors (Lipinski definition) is 0. The van der Waals surface area contributed by atoms with Gasteiger partial charge in [-0.3, -0.25) is 0 Å². The molecule has 130 valence electrons. The van der Waals surface area contributed by atoms with Gasteiger partial charge in [-0.15, -0.1) is 0 Å². The summed E-state index contributed by atoms with van der Waals surface area (Å²) in [5.41, 5.74) is 0.504. The zero-order valence-corrected chi connectivity index (χ0v) is 15.3. The van der Waals surface area contributed by atoms with Crippen molar-refractivity contribution in [1.82, 2.24) is 0 Å². The molecule has 0 saturated carbocycles. The van der Waals surface area contributed by atoms with Crippen LogP contribution in [0, 0.1) is 5.92 Å². The van der Waals surface area contributed by atoms with E-state index in [-0.39, 0.29) is 5.97 Å². The van der Waals surface area contributed by atoms with E-state index in [1.54, 1.807) is 6.92 Å². The van der Waals surface area contributed by atoms with Gasteiger partial charge in [-0.2, -0.15) is 0 Å². The molecule has 0 spiro atoms. The van der Waals surface area contributed by atoms with Crippen molar-refractivity contribution in [1.29, 1.82) is 0 Å². The summed E-state index contributed by atoms with van der Waals surface area (Å²) >= 11 is 0. The quantitative estimate of drug-likeness (QED) is 0.197. The van der Waals surface area contributed by atoms with Crippen molar-refractivity contribution in [3.63, 3.8) is 0 Å². The highest BCUT2D eigenvalue weighted by Crippen LogP contribution is 2.19. The lowest BCUT2D eigenvalue weighted by atomic mass is 9.95.